The maximum Gasteiger partial charge on any atom is 0.127 e. The molecule has 0 aliphatic carbocycles. The van der Waals surface area contributed by atoms with Crippen LogP contribution in [0.25, 0.3) is 0 Å². The van der Waals surface area contributed by atoms with Gasteiger partial charge in [-0.25, -0.2) is 0 Å². The summed E-state index contributed by atoms with van der Waals surface area (Å²) in [5, 5.41) is 9.31. The first-order chi connectivity index (χ1) is 7.04. The minimum absolute atomic E-state index is 0.0412. The molecule has 0 fully saturated rings. The summed E-state index contributed by atoms with van der Waals surface area (Å²) in [6.07, 6.45) is 0.904. The van der Waals surface area contributed by atoms with Gasteiger partial charge in [-0.15, -0.1) is 0 Å². The van der Waals surface area contributed by atoms with Gasteiger partial charge in [0, 0.05) is 17.7 Å². The van der Waals surface area contributed by atoms with Crippen molar-refractivity contribution in [3.05, 3.63) is 23.8 Å². The molecule has 1 rings (SSSR count). The molecular formula is C12H19NO2. The van der Waals surface area contributed by atoms with Crippen molar-refractivity contribution < 1.29 is 9.84 Å². The summed E-state index contributed by atoms with van der Waals surface area (Å²) in [5.41, 5.74) is 7.01. The van der Waals surface area contributed by atoms with Crippen molar-refractivity contribution in [2.24, 2.45) is 11.7 Å². The van der Waals surface area contributed by atoms with Crippen LogP contribution in [0.2, 0.25) is 0 Å². The van der Waals surface area contributed by atoms with Gasteiger partial charge >= 0.3 is 0 Å². The summed E-state index contributed by atoms with van der Waals surface area (Å²) >= 11 is 0. The second-order valence-electron chi connectivity index (χ2n) is 4.16. The lowest BCUT2D eigenvalue weighted by Crippen LogP contribution is -2.13. The fourth-order valence-electron chi connectivity index (χ4n) is 1.64. The van der Waals surface area contributed by atoms with E-state index in [0.717, 1.165) is 12.0 Å². The molecule has 3 nitrogen and oxygen atoms in total. The van der Waals surface area contributed by atoms with Gasteiger partial charge in [-0.2, -0.15) is 0 Å². The highest BCUT2D eigenvalue weighted by Crippen LogP contribution is 2.30. The van der Waals surface area contributed by atoms with Crippen molar-refractivity contribution in [3.63, 3.8) is 0 Å². The highest BCUT2D eigenvalue weighted by Gasteiger charge is 2.13. The quantitative estimate of drug-likeness (QED) is 0.800. The monoisotopic (exact) mass is 209 g/mol. The molecule has 0 aromatic heterocycles. The van der Waals surface area contributed by atoms with Crippen LogP contribution in [-0.4, -0.2) is 12.2 Å². The number of methoxy groups -OCH3 is 1. The van der Waals surface area contributed by atoms with Crippen molar-refractivity contribution in [1.29, 1.82) is 0 Å². The largest absolute Gasteiger partial charge is 0.508 e. The van der Waals surface area contributed by atoms with Crippen molar-refractivity contribution in [2.45, 2.75) is 26.3 Å². The molecule has 3 heteroatoms. The van der Waals surface area contributed by atoms with Crippen molar-refractivity contribution in [2.75, 3.05) is 7.11 Å². The molecule has 1 atom stereocenters. The number of benzene rings is 1. The Morgan fingerprint density at radius 1 is 1.40 bits per heavy atom. The first-order valence-corrected chi connectivity index (χ1v) is 5.17. The first-order valence-electron chi connectivity index (χ1n) is 5.17. The van der Waals surface area contributed by atoms with Crippen LogP contribution in [0, 0.1) is 5.92 Å². The first kappa shape index (κ1) is 11.9. The lowest BCUT2D eigenvalue weighted by atomic mass is 9.97. The van der Waals surface area contributed by atoms with Crippen LogP contribution in [0.3, 0.4) is 0 Å². The minimum atomic E-state index is -0.0412. The summed E-state index contributed by atoms with van der Waals surface area (Å²) < 4.78 is 5.19. The second kappa shape index (κ2) is 5.03. The van der Waals surface area contributed by atoms with Gasteiger partial charge in [-0.3, -0.25) is 0 Å². The summed E-state index contributed by atoms with van der Waals surface area (Å²) in [5.74, 6) is 1.40. The zero-order valence-electron chi connectivity index (χ0n) is 9.53. The Morgan fingerprint density at radius 3 is 2.60 bits per heavy atom. The third-order valence-electron chi connectivity index (χ3n) is 2.34. The van der Waals surface area contributed by atoms with Gasteiger partial charge in [0.05, 0.1) is 7.11 Å². The number of ether oxygens (including phenoxy) is 1. The molecule has 84 valence electrons. The molecule has 0 saturated carbocycles. The second-order valence-corrected chi connectivity index (χ2v) is 4.16. The Hall–Kier alpha value is -1.22. The van der Waals surface area contributed by atoms with Gasteiger partial charge in [-0.05, 0) is 18.4 Å². The van der Waals surface area contributed by atoms with Crippen LogP contribution in [0.1, 0.15) is 31.9 Å². The Bertz CT molecular complexity index is 323. The number of phenols is 1. The fourth-order valence-corrected chi connectivity index (χ4v) is 1.64. The van der Waals surface area contributed by atoms with E-state index in [1.807, 2.05) is 6.07 Å². The van der Waals surface area contributed by atoms with Crippen LogP contribution in [0.5, 0.6) is 11.5 Å². The lowest BCUT2D eigenvalue weighted by molar-refractivity contribution is 0.393. The Labute approximate surface area is 90.9 Å². The molecule has 0 amide bonds. The molecule has 0 spiro atoms. The molecule has 0 radical (unpaired) electrons. The standard InChI is InChI=1S/C12H19NO2/c1-8(2)6-11(13)10-5-4-9(14)7-12(10)15-3/h4-5,7-8,11,14H,6,13H2,1-3H3/t11-/m0/s1. The van der Waals surface area contributed by atoms with Gasteiger partial charge in [0.25, 0.3) is 0 Å². The van der Waals surface area contributed by atoms with E-state index in [2.05, 4.69) is 13.8 Å². The SMILES string of the molecule is COc1cc(O)ccc1[C@@H](N)CC(C)C. The van der Waals surface area contributed by atoms with Crippen LogP contribution in [0.15, 0.2) is 18.2 Å². The summed E-state index contributed by atoms with van der Waals surface area (Å²) in [6, 6.07) is 5.01. The number of nitrogens with two attached hydrogens (primary N) is 1. The van der Waals surface area contributed by atoms with Crippen LogP contribution in [-0.2, 0) is 0 Å². The molecular weight excluding hydrogens is 190 g/mol. The Kier molecular flexibility index (Phi) is 3.97. The van der Waals surface area contributed by atoms with Crippen molar-refractivity contribution >= 4 is 0 Å². The molecule has 3 N–H and O–H groups in total. The van der Waals surface area contributed by atoms with E-state index < -0.39 is 0 Å². The molecule has 0 aliphatic rings. The van der Waals surface area contributed by atoms with Gasteiger partial charge in [0.1, 0.15) is 11.5 Å². The number of hydrogen-bond donors (Lipinski definition) is 2. The molecule has 0 saturated heterocycles. The zero-order chi connectivity index (χ0) is 11.4. The van der Waals surface area contributed by atoms with E-state index >= 15 is 0 Å². The van der Waals surface area contributed by atoms with Crippen molar-refractivity contribution in [1.82, 2.24) is 0 Å². The van der Waals surface area contributed by atoms with Gasteiger partial charge in [-0.1, -0.05) is 19.9 Å². The van der Waals surface area contributed by atoms with E-state index in [1.54, 1.807) is 19.2 Å². The molecule has 0 bridgehead atoms. The van der Waals surface area contributed by atoms with E-state index in [-0.39, 0.29) is 11.8 Å². The van der Waals surface area contributed by atoms with E-state index in [1.165, 1.54) is 0 Å². The van der Waals surface area contributed by atoms with Gasteiger partial charge in [0.15, 0.2) is 0 Å². The third kappa shape index (κ3) is 3.13. The van der Waals surface area contributed by atoms with E-state index in [9.17, 15) is 5.11 Å². The van der Waals surface area contributed by atoms with Crippen LogP contribution in [0.4, 0.5) is 0 Å². The fraction of sp³-hybridized carbons (Fsp3) is 0.500. The van der Waals surface area contributed by atoms with Gasteiger partial charge < -0.3 is 15.6 Å². The zero-order valence-corrected chi connectivity index (χ0v) is 9.53. The molecule has 0 unspecified atom stereocenters. The smallest absolute Gasteiger partial charge is 0.127 e. The van der Waals surface area contributed by atoms with E-state index in [0.29, 0.717) is 11.7 Å². The molecule has 15 heavy (non-hydrogen) atoms. The molecule has 1 aromatic carbocycles. The van der Waals surface area contributed by atoms with Crippen LogP contribution < -0.4 is 10.5 Å². The average molecular weight is 209 g/mol. The maximum absolute atomic E-state index is 9.31. The van der Waals surface area contributed by atoms with Crippen LogP contribution >= 0.6 is 0 Å². The number of rotatable bonds is 4. The third-order valence-corrected chi connectivity index (χ3v) is 2.34. The van der Waals surface area contributed by atoms with Gasteiger partial charge in [0.2, 0.25) is 0 Å². The normalized spacial score (nSPS) is 12.9. The predicted molar refractivity (Wildman–Crippen MR) is 61.0 cm³/mol. The Morgan fingerprint density at radius 2 is 2.07 bits per heavy atom. The summed E-state index contributed by atoms with van der Waals surface area (Å²) in [6.45, 7) is 4.26. The average Bonchev–Trinajstić information content (AvgIpc) is 2.16. The molecule has 1 aromatic rings. The molecule has 0 aliphatic heterocycles. The number of hydrogen-bond acceptors (Lipinski definition) is 3. The summed E-state index contributed by atoms with van der Waals surface area (Å²) in [4.78, 5) is 0. The molecule has 0 heterocycles. The number of phenolic OH excluding ortho intramolecular Hbond substituents is 1. The van der Waals surface area contributed by atoms with E-state index in [4.69, 9.17) is 10.5 Å². The van der Waals surface area contributed by atoms with Crippen molar-refractivity contribution in [3.8, 4) is 11.5 Å². The maximum atomic E-state index is 9.31. The Balaban J connectivity index is 2.92. The lowest BCUT2D eigenvalue weighted by Gasteiger charge is -2.17. The number of aromatic hydroxyl groups is 1. The summed E-state index contributed by atoms with van der Waals surface area (Å²) in [7, 11) is 1.58. The highest BCUT2D eigenvalue weighted by atomic mass is 16.5. The predicted octanol–water partition coefficient (Wildman–Crippen LogP) is 2.45. The highest BCUT2D eigenvalue weighted by molar-refractivity contribution is 5.41. The minimum Gasteiger partial charge on any atom is -0.508 e. The topological polar surface area (TPSA) is 55.5 Å².